The largest absolute Gasteiger partial charge is 0.432 e. The van der Waals surface area contributed by atoms with Crippen molar-refractivity contribution >= 4 is 17.9 Å². The van der Waals surface area contributed by atoms with Gasteiger partial charge in [0, 0.05) is 16.1 Å². The number of hydrogen-bond donors (Lipinski definition) is 0. The van der Waals surface area contributed by atoms with Gasteiger partial charge in [-0.1, -0.05) is 23.7 Å². The van der Waals surface area contributed by atoms with Gasteiger partial charge in [0.1, 0.15) is 6.29 Å². The molecule has 18 heavy (non-hydrogen) atoms. The van der Waals surface area contributed by atoms with E-state index < -0.39 is 28.9 Å². The molecule has 0 aliphatic heterocycles. The normalized spacial score (nSPS) is 15.6. The van der Waals surface area contributed by atoms with Crippen molar-refractivity contribution in [3.05, 3.63) is 34.3 Å². The van der Waals surface area contributed by atoms with Gasteiger partial charge in [0.25, 0.3) is 12.1 Å². The summed E-state index contributed by atoms with van der Waals surface area (Å²) in [5, 5.41) is -0.889. The first kappa shape index (κ1) is 14.8. The molecule has 1 unspecified atom stereocenters. The van der Waals surface area contributed by atoms with Crippen LogP contribution < -0.4 is 0 Å². The zero-order valence-electron chi connectivity index (χ0n) is 8.44. The smallest absolute Gasteiger partial charge is 0.298 e. The van der Waals surface area contributed by atoms with Crippen molar-refractivity contribution in [2.45, 2.75) is 18.3 Å². The van der Waals surface area contributed by atoms with Crippen molar-refractivity contribution in [2.75, 3.05) is 0 Å². The van der Waals surface area contributed by atoms with E-state index >= 15 is 0 Å². The molecule has 1 aromatic rings. The Morgan fingerprint density at radius 3 is 2.06 bits per heavy atom. The van der Waals surface area contributed by atoms with Crippen molar-refractivity contribution in [1.82, 2.24) is 0 Å². The minimum Gasteiger partial charge on any atom is -0.298 e. The summed E-state index contributed by atoms with van der Waals surface area (Å²) in [5.41, 5.74) is -6.44. The van der Waals surface area contributed by atoms with Crippen LogP contribution in [0.15, 0.2) is 18.2 Å². The first-order valence-corrected chi connectivity index (χ1v) is 4.81. The number of carbonyl (C=O) groups excluding carboxylic acids is 1. The highest BCUT2D eigenvalue weighted by Crippen LogP contribution is 2.49. The number of benzene rings is 1. The Labute approximate surface area is 102 Å². The third-order valence-corrected chi connectivity index (χ3v) is 2.55. The molecule has 0 spiro atoms. The number of rotatable bonds is 3. The molecule has 0 aliphatic rings. The minimum atomic E-state index is -5.83. The monoisotopic (exact) mass is 290 g/mol. The SMILES string of the molecule is O=Cc1ccc(C(F)(C(F)F)C(F)(F)F)c(Cl)c1. The Hall–Kier alpha value is -1.24. The second kappa shape index (κ2) is 4.79. The average Bonchev–Trinajstić information content (AvgIpc) is 2.26. The summed E-state index contributed by atoms with van der Waals surface area (Å²) in [5.74, 6) is 0. The Kier molecular flexibility index (Phi) is 3.95. The van der Waals surface area contributed by atoms with E-state index in [1.165, 1.54) is 0 Å². The molecule has 0 aromatic heterocycles. The van der Waals surface area contributed by atoms with Gasteiger partial charge >= 0.3 is 6.18 Å². The van der Waals surface area contributed by atoms with Crippen LogP contribution in [0.1, 0.15) is 15.9 Å². The van der Waals surface area contributed by atoms with E-state index in [0.717, 1.165) is 6.07 Å². The van der Waals surface area contributed by atoms with E-state index in [4.69, 9.17) is 11.6 Å². The molecule has 0 aliphatic carbocycles. The van der Waals surface area contributed by atoms with Gasteiger partial charge in [-0.05, 0) is 6.07 Å². The third-order valence-electron chi connectivity index (χ3n) is 2.23. The summed E-state index contributed by atoms with van der Waals surface area (Å²) in [7, 11) is 0. The van der Waals surface area contributed by atoms with Crippen LogP contribution in [-0.2, 0) is 5.67 Å². The highest BCUT2D eigenvalue weighted by atomic mass is 35.5. The van der Waals surface area contributed by atoms with Crippen LogP contribution in [0.3, 0.4) is 0 Å². The molecular weight excluding hydrogens is 286 g/mol. The van der Waals surface area contributed by atoms with Crippen molar-refractivity contribution in [1.29, 1.82) is 0 Å². The number of aldehydes is 1. The van der Waals surface area contributed by atoms with E-state index in [0.29, 0.717) is 12.1 Å². The number of carbonyl (C=O) groups is 1. The van der Waals surface area contributed by atoms with Gasteiger partial charge < -0.3 is 0 Å². The van der Waals surface area contributed by atoms with Gasteiger partial charge in [-0.3, -0.25) is 4.79 Å². The van der Waals surface area contributed by atoms with Crippen molar-refractivity contribution in [3.63, 3.8) is 0 Å². The molecule has 1 rings (SSSR count). The summed E-state index contributed by atoms with van der Waals surface area (Å²) < 4.78 is 75.7. The Bertz CT molecular complexity index is 458. The molecule has 8 heteroatoms. The summed E-state index contributed by atoms with van der Waals surface area (Å²) in [6.45, 7) is 0. The average molecular weight is 291 g/mol. The molecule has 0 radical (unpaired) electrons. The van der Waals surface area contributed by atoms with Crippen LogP contribution in [0.4, 0.5) is 26.3 Å². The van der Waals surface area contributed by atoms with Crippen molar-refractivity contribution in [3.8, 4) is 0 Å². The maximum atomic E-state index is 13.6. The quantitative estimate of drug-likeness (QED) is 0.604. The second-order valence-electron chi connectivity index (χ2n) is 3.37. The highest BCUT2D eigenvalue weighted by molar-refractivity contribution is 6.31. The lowest BCUT2D eigenvalue weighted by molar-refractivity contribution is -0.274. The Morgan fingerprint density at radius 1 is 1.17 bits per heavy atom. The topological polar surface area (TPSA) is 17.1 Å². The lowest BCUT2D eigenvalue weighted by atomic mass is 9.94. The third kappa shape index (κ3) is 2.31. The first-order chi connectivity index (χ1) is 8.14. The molecule has 0 saturated heterocycles. The summed E-state index contributed by atoms with van der Waals surface area (Å²) >= 11 is 5.31. The highest BCUT2D eigenvalue weighted by Gasteiger charge is 2.64. The van der Waals surface area contributed by atoms with Crippen LogP contribution in [0, 0.1) is 0 Å². The molecule has 0 N–H and O–H groups in total. The molecule has 0 heterocycles. The van der Waals surface area contributed by atoms with E-state index in [1.807, 2.05) is 0 Å². The molecule has 0 amide bonds. The van der Waals surface area contributed by atoms with E-state index in [9.17, 15) is 31.1 Å². The standard InChI is InChI=1S/C10H5ClF6O/c11-7-3-5(4-18)1-2-6(7)9(14,8(12)13)10(15,16)17/h1-4,8H. The summed E-state index contributed by atoms with van der Waals surface area (Å²) in [6.07, 6.45) is -9.92. The van der Waals surface area contributed by atoms with Crippen molar-refractivity contribution < 1.29 is 31.1 Å². The van der Waals surface area contributed by atoms with E-state index in [1.54, 1.807) is 0 Å². The van der Waals surface area contributed by atoms with Crippen LogP contribution in [0.2, 0.25) is 5.02 Å². The van der Waals surface area contributed by atoms with Crippen molar-refractivity contribution in [2.24, 2.45) is 0 Å². The second-order valence-corrected chi connectivity index (χ2v) is 3.77. The number of hydrogen-bond acceptors (Lipinski definition) is 1. The minimum absolute atomic E-state index is 0.150. The fraction of sp³-hybridized carbons (Fsp3) is 0.300. The lowest BCUT2D eigenvalue weighted by Crippen LogP contribution is -2.44. The number of halogens is 7. The van der Waals surface area contributed by atoms with Crippen LogP contribution in [0.5, 0.6) is 0 Å². The molecule has 1 aromatic carbocycles. The Balaban J connectivity index is 3.45. The van der Waals surface area contributed by atoms with Gasteiger partial charge in [0.2, 0.25) is 0 Å². The Morgan fingerprint density at radius 2 is 1.72 bits per heavy atom. The van der Waals surface area contributed by atoms with E-state index in [-0.39, 0.29) is 11.8 Å². The van der Waals surface area contributed by atoms with Gasteiger partial charge in [0.15, 0.2) is 0 Å². The summed E-state index contributed by atoms with van der Waals surface area (Å²) in [6, 6.07) is 1.88. The fourth-order valence-electron chi connectivity index (χ4n) is 1.29. The molecule has 1 nitrogen and oxygen atoms in total. The van der Waals surface area contributed by atoms with Crippen LogP contribution in [0.25, 0.3) is 0 Å². The predicted molar refractivity (Wildman–Crippen MR) is 51.7 cm³/mol. The molecule has 0 bridgehead atoms. The van der Waals surface area contributed by atoms with E-state index in [2.05, 4.69) is 0 Å². The maximum absolute atomic E-state index is 13.6. The molecule has 1 atom stereocenters. The fourth-order valence-corrected chi connectivity index (χ4v) is 1.62. The molecular formula is C10H5ClF6O. The molecule has 100 valence electrons. The summed E-state index contributed by atoms with van der Waals surface area (Å²) in [4.78, 5) is 10.3. The zero-order chi connectivity index (χ0) is 14.1. The predicted octanol–water partition coefficient (Wildman–Crippen LogP) is 4.14. The van der Waals surface area contributed by atoms with Crippen LogP contribution >= 0.6 is 11.6 Å². The molecule has 0 saturated carbocycles. The molecule has 0 fully saturated rings. The first-order valence-electron chi connectivity index (χ1n) is 4.43. The van der Waals surface area contributed by atoms with Gasteiger partial charge in [-0.2, -0.15) is 13.2 Å². The lowest BCUT2D eigenvalue weighted by Gasteiger charge is -2.28. The van der Waals surface area contributed by atoms with Gasteiger partial charge in [0.05, 0.1) is 0 Å². The van der Waals surface area contributed by atoms with Gasteiger partial charge in [-0.15, -0.1) is 0 Å². The zero-order valence-corrected chi connectivity index (χ0v) is 9.20. The van der Waals surface area contributed by atoms with Gasteiger partial charge in [-0.25, -0.2) is 13.2 Å². The number of alkyl halides is 6. The maximum Gasteiger partial charge on any atom is 0.432 e. The van der Waals surface area contributed by atoms with Crippen LogP contribution in [-0.4, -0.2) is 18.9 Å².